The molecule has 0 saturated heterocycles. The molecule has 0 radical (unpaired) electrons. The van der Waals surface area contributed by atoms with Gasteiger partial charge in [0.05, 0.1) is 13.2 Å². The van der Waals surface area contributed by atoms with Crippen molar-refractivity contribution in [3.05, 3.63) is 35.4 Å². The van der Waals surface area contributed by atoms with Gasteiger partial charge in [-0.05, 0) is 37.5 Å². The highest BCUT2D eigenvalue weighted by Gasteiger charge is 2.29. The Morgan fingerprint density at radius 3 is 2.62 bits per heavy atom. The Morgan fingerprint density at radius 1 is 1.33 bits per heavy atom. The van der Waals surface area contributed by atoms with E-state index in [-0.39, 0.29) is 30.2 Å². The number of esters is 1. The van der Waals surface area contributed by atoms with E-state index in [1.807, 2.05) is 0 Å². The largest absolute Gasteiger partial charge is 0.469 e. The molecule has 4 nitrogen and oxygen atoms in total. The highest BCUT2D eigenvalue weighted by molar-refractivity contribution is 6.00. The maximum Gasteiger partial charge on any atom is 0.305 e. The molecule has 0 aromatic heterocycles. The molecule has 1 aliphatic carbocycles. The summed E-state index contributed by atoms with van der Waals surface area (Å²) in [6.45, 7) is 0. The first-order valence-corrected chi connectivity index (χ1v) is 6.83. The van der Waals surface area contributed by atoms with E-state index < -0.39 is 23.6 Å². The number of Topliss-reactive ketones (excluding diaryl/α,β-unsaturated/α-hetero) is 1. The fourth-order valence-electron chi connectivity index (χ4n) is 2.04. The second kappa shape index (κ2) is 6.76. The van der Waals surface area contributed by atoms with Crippen LogP contribution in [-0.2, 0) is 9.53 Å². The van der Waals surface area contributed by atoms with Crippen LogP contribution < -0.4 is 5.32 Å². The van der Waals surface area contributed by atoms with E-state index in [9.17, 15) is 18.4 Å². The predicted octanol–water partition coefficient (Wildman–Crippen LogP) is 2.22. The number of carbonyl (C=O) groups excluding carboxylic acids is 2. The van der Waals surface area contributed by atoms with Crippen molar-refractivity contribution in [1.82, 2.24) is 5.32 Å². The molecule has 1 aliphatic rings. The maximum absolute atomic E-state index is 13.2. The molecule has 0 amide bonds. The summed E-state index contributed by atoms with van der Waals surface area (Å²) in [5.41, 5.74) is 0.0944. The second-order valence-electron chi connectivity index (χ2n) is 5.10. The third kappa shape index (κ3) is 4.32. The number of halogens is 2. The number of ether oxygens (including phenoxy) is 1. The van der Waals surface area contributed by atoms with Crippen molar-refractivity contribution >= 4 is 11.8 Å². The molecule has 6 heteroatoms. The lowest BCUT2D eigenvalue weighted by atomic mass is 9.99. The van der Waals surface area contributed by atoms with Crippen LogP contribution in [0.4, 0.5) is 8.78 Å². The zero-order valence-electron chi connectivity index (χ0n) is 11.7. The van der Waals surface area contributed by atoms with Gasteiger partial charge in [0.1, 0.15) is 0 Å². The van der Waals surface area contributed by atoms with Gasteiger partial charge in [0.25, 0.3) is 0 Å². The maximum atomic E-state index is 13.2. The highest BCUT2D eigenvalue weighted by Crippen LogP contribution is 2.22. The lowest BCUT2D eigenvalue weighted by molar-refractivity contribution is -0.140. The molecular weight excluding hydrogens is 280 g/mol. The Balaban J connectivity index is 2.08. The van der Waals surface area contributed by atoms with Crippen LogP contribution in [0, 0.1) is 11.6 Å². The number of hydrogen-bond donors (Lipinski definition) is 1. The second-order valence-corrected chi connectivity index (χ2v) is 5.10. The average Bonchev–Trinajstić information content (AvgIpc) is 3.29. The van der Waals surface area contributed by atoms with Gasteiger partial charge in [-0.2, -0.15) is 0 Å². The van der Waals surface area contributed by atoms with Crippen molar-refractivity contribution in [2.75, 3.05) is 7.11 Å². The van der Waals surface area contributed by atoms with Crippen molar-refractivity contribution in [3.63, 3.8) is 0 Å². The highest BCUT2D eigenvalue weighted by atomic mass is 19.2. The van der Waals surface area contributed by atoms with Gasteiger partial charge in [-0.15, -0.1) is 0 Å². The molecule has 0 spiro atoms. The zero-order valence-corrected chi connectivity index (χ0v) is 11.7. The smallest absolute Gasteiger partial charge is 0.305 e. The van der Waals surface area contributed by atoms with Gasteiger partial charge in [0.2, 0.25) is 0 Å². The molecular formula is C15H17F2NO3. The van der Waals surface area contributed by atoms with E-state index in [2.05, 4.69) is 10.1 Å². The first-order chi connectivity index (χ1) is 10.0. The number of ketones is 1. The summed E-state index contributed by atoms with van der Waals surface area (Å²) >= 11 is 0. The Bertz CT molecular complexity index is 544. The minimum atomic E-state index is -1.06. The fraction of sp³-hybridized carbons (Fsp3) is 0.467. The van der Waals surface area contributed by atoms with E-state index in [1.165, 1.54) is 13.2 Å². The minimum Gasteiger partial charge on any atom is -0.469 e. The summed E-state index contributed by atoms with van der Waals surface area (Å²) in [6, 6.07) is 2.72. The number of hydrogen-bond acceptors (Lipinski definition) is 4. The SMILES string of the molecule is COC(=O)CCC(NC1CC1)C(=O)c1ccc(F)c(F)c1. The van der Waals surface area contributed by atoms with Crippen molar-refractivity contribution in [1.29, 1.82) is 0 Å². The van der Waals surface area contributed by atoms with Crippen LogP contribution in [0.5, 0.6) is 0 Å². The molecule has 1 aromatic carbocycles. The van der Waals surface area contributed by atoms with Crippen molar-refractivity contribution in [3.8, 4) is 0 Å². The first kappa shape index (κ1) is 15.6. The van der Waals surface area contributed by atoms with Crippen LogP contribution in [0.15, 0.2) is 18.2 Å². The molecule has 21 heavy (non-hydrogen) atoms. The number of nitrogens with one attached hydrogen (secondary N) is 1. The summed E-state index contributed by atoms with van der Waals surface area (Å²) < 4.78 is 30.7. The molecule has 1 fully saturated rings. The normalized spacial score (nSPS) is 15.6. The lowest BCUT2D eigenvalue weighted by Gasteiger charge is -2.17. The van der Waals surface area contributed by atoms with Crippen LogP contribution in [0.1, 0.15) is 36.0 Å². The number of rotatable bonds is 7. The van der Waals surface area contributed by atoms with Crippen molar-refractivity contribution < 1.29 is 23.1 Å². The molecule has 2 rings (SSSR count). The monoisotopic (exact) mass is 297 g/mol. The van der Waals surface area contributed by atoms with Crippen LogP contribution in [0.3, 0.4) is 0 Å². The third-order valence-corrected chi connectivity index (χ3v) is 3.40. The Morgan fingerprint density at radius 2 is 2.05 bits per heavy atom. The molecule has 1 N–H and O–H groups in total. The summed E-state index contributed by atoms with van der Waals surface area (Å²) in [5, 5.41) is 3.13. The van der Waals surface area contributed by atoms with Gasteiger partial charge in [-0.3, -0.25) is 9.59 Å². The molecule has 1 unspecified atom stereocenters. The van der Waals surface area contributed by atoms with Gasteiger partial charge < -0.3 is 10.1 Å². The summed E-state index contributed by atoms with van der Waals surface area (Å²) in [7, 11) is 1.28. The quantitative estimate of drug-likeness (QED) is 0.619. The van der Waals surface area contributed by atoms with Crippen molar-refractivity contribution in [2.45, 2.75) is 37.8 Å². The fourth-order valence-corrected chi connectivity index (χ4v) is 2.04. The molecule has 0 bridgehead atoms. The van der Waals surface area contributed by atoms with Crippen LogP contribution in [0.2, 0.25) is 0 Å². The van der Waals surface area contributed by atoms with E-state index in [0.717, 1.165) is 25.0 Å². The van der Waals surface area contributed by atoms with E-state index in [4.69, 9.17) is 0 Å². The molecule has 1 atom stereocenters. The van der Waals surface area contributed by atoms with Gasteiger partial charge in [-0.25, -0.2) is 8.78 Å². The van der Waals surface area contributed by atoms with Gasteiger partial charge in [0, 0.05) is 18.0 Å². The molecule has 1 aromatic rings. The molecule has 0 heterocycles. The van der Waals surface area contributed by atoms with Crippen molar-refractivity contribution in [2.24, 2.45) is 0 Å². The average molecular weight is 297 g/mol. The number of benzene rings is 1. The zero-order chi connectivity index (χ0) is 15.4. The Hall–Kier alpha value is -1.82. The van der Waals surface area contributed by atoms with Gasteiger partial charge in [-0.1, -0.05) is 0 Å². The van der Waals surface area contributed by atoms with Gasteiger partial charge >= 0.3 is 5.97 Å². The first-order valence-electron chi connectivity index (χ1n) is 6.83. The standard InChI is InChI=1S/C15H17F2NO3/c1-21-14(19)7-6-13(18-10-3-4-10)15(20)9-2-5-11(16)12(17)8-9/h2,5,8,10,13,18H,3-4,6-7H2,1H3. The Labute approximate surface area is 121 Å². The molecule has 114 valence electrons. The third-order valence-electron chi connectivity index (χ3n) is 3.40. The Kier molecular flexibility index (Phi) is 5.01. The topological polar surface area (TPSA) is 55.4 Å². The number of carbonyl (C=O) groups is 2. The predicted molar refractivity (Wildman–Crippen MR) is 71.9 cm³/mol. The molecule has 0 aliphatic heterocycles. The molecule has 1 saturated carbocycles. The summed E-state index contributed by atoms with van der Waals surface area (Å²) in [6.07, 6.45) is 2.30. The summed E-state index contributed by atoms with van der Waals surface area (Å²) in [5.74, 6) is -2.80. The minimum absolute atomic E-state index is 0.0936. The summed E-state index contributed by atoms with van der Waals surface area (Å²) in [4.78, 5) is 23.6. The number of methoxy groups -OCH3 is 1. The van der Waals surface area contributed by atoms with E-state index >= 15 is 0 Å². The van der Waals surface area contributed by atoms with Gasteiger partial charge in [0.15, 0.2) is 17.4 Å². The van der Waals surface area contributed by atoms with Crippen LogP contribution in [-0.4, -0.2) is 30.9 Å². The lowest BCUT2D eigenvalue weighted by Crippen LogP contribution is -2.38. The van der Waals surface area contributed by atoms with Crippen LogP contribution in [0.25, 0.3) is 0 Å². The van der Waals surface area contributed by atoms with E-state index in [1.54, 1.807) is 0 Å². The van der Waals surface area contributed by atoms with E-state index in [0.29, 0.717) is 0 Å². The van der Waals surface area contributed by atoms with Crippen LogP contribution >= 0.6 is 0 Å².